The molecule has 2 atom stereocenters. The second kappa shape index (κ2) is 4.53. The van der Waals surface area contributed by atoms with Crippen molar-refractivity contribution in [3.63, 3.8) is 0 Å². The van der Waals surface area contributed by atoms with Gasteiger partial charge in [0, 0.05) is 25.2 Å². The molecule has 1 saturated heterocycles. The number of hydrogen-bond acceptors (Lipinski definition) is 2. The highest BCUT2D eigenvalue weighted by Gasteiger charge is 2.41. The summed E-state index contributed by atoms with van der Waals surface area (Å²) in [4.78, 5) is 3.88. The van der Waals surface area contributed by atoms with Crippen molar-refractivity contribution in [2.75, 3.05) is 26.7 Å². The van der Waals surface area contributed by atoms with Gasteiger partial charge in [0.1, 0.15) is 0 Å². The molecule has 2 nitrogen and oxygen atoms in total. The molecule has 94 valence electrons. The van der Waals surface area contributed by atoms with Gasteiger partial charge in [0.25, 0.3) is 0 Å². The molecule has 5 heteroatoms. The van der Waals surface area contributed by atoms with Crippen molar-refractivity contribution in [3.05, 3.63) is 0 Å². The molecule has 16 heavy (non-hydrogen) atoms. The quantitative estimate of drug-likeness (QED) is 0.688. The molecule has 0 aromatic rings. The van der Waals surface area contributed by atoms with Crippen LogP contribution in [0.25, 0.3) is 0 Å². The zero-order valence-electron chi connectivity index (χ0n) is 9.63. The van der Waals surface area contributed by atoms with Gasteiger partial charge in [-0.3, -0.25) is 4.90 Å². The monoisotopic (exact) mass is 236 g/mol. The van der Waals surface area contributed by atoms with E-state index in [0.29, 0.717) is 12.6 Å². The van der Waals surface area contributed by atoms with Gasteiger partial charge in [-0.15, -0.1) is 0 Å². The topological polar surface area (TPSA) is 6.48 Å². The third-order valence-electron chi connectivity index (χ3n) is 3.85. The third kappa shape index (κ3) is 2.69. The van der Waals surface area contributed by atoms with E-state index >= 15 is 0 Å². The van der Waals surface area contributed by atoms with E-state index in [1.54, 1.807) is 4.90 Å². The van der Waals surface area contributed by atoms with E-state index in [1.807, 2.05) is 7.05 Å². The van der Waals surface area contributed by atoms with Crippen molar-refractivity contribution in [1.29, 1.82) is 0 Å². The molecule has 0 amide bonds. The minimum absolute atomic E-state index is 0.120. The van der Waals surface area contributed by atoms with Crippen LogP contribution in [0.1, 0.15) is 25.7 Å². The SMILES string of the molecule is CN1CCN(CC(F)(F)F)C2CCCCC21. The van der Waals surface area contributed by atoms with Crippen molar-refractivity contribution in [3.8, 4) is 0 Å². The van der Waals surface area contributed by atoms with Crippen LogP contribution in [0, 0.1) is 0 Å². The Morgan fingerprint density at radius 1 is 1.06 bits per heavy atom. The van der Waals surface area contributed by atoms with Gasteiger partial charge in [-0.05, 0) is 19.9 Å². The zero-order valence-corrected chi connectivity index (χ0v) is 9.63. The number of piperazine rings is 1. The van der Waals surface area contributed by atoms with E-state index < -0.39 is 12.7 Å². The summed E-state index contributed by atoms with van der Waals surface area (Å²) in [6.07, 6.45) is 0.146. The number of nitrogens with zero attached hydrogens (tertiary/aromatic N) is 2. The number of halogens is 3. The average Bonchev–Trinajstić information content (AvgIpc) is 2.21. The Hall–Kier alpha value is -0.290. The van der Waals surface area contributed by atoms with Gasteiger partial charge >= 0.3 is 6.18 Å². The average molecular weight is 236 g/mol. The van der Waals surface area contributed by atoms with E-state index in [-0.39, 0.29) is 6.04 Å². The fraction of sp³-hybridized carbons (Fsp3) is 1.00. The van der Waals surface area contributed by atoms with Crippen LogP contribution in [0.4, 0.5) is 13.2 Å². The summed E-state index contributed by atoms with van der Waals surface area (Å²) in [7, 11) is 2.04. The Kier molecular flexibility index (Phi) is 3.45. The van der Waals surface area contributed by atoms with Gasteiger partial charge in [0.15, 0.2) is 0 Å². The highest BCUT2D eigenvalue weighted by molar-refractivity contribution is 4.93. The molecular formula is C11H19F3N2. The molecule has 0 radical (unpaired) electrons. The Morgan fingerprint density at radius 2 is 1.69 bits per heavy atom. The van der Waals surface area contributed by atoms with Crippen LogP contribution < -0.4 is 0 Å². The molecule has 0 N–H and O–H groups in total. The lowest BCUT2D eigenvalue weighted by Crippen LogP contribution is -2.60. The maximum atomic E-state index is 12.4. The molecule has 2 fully saturated rings. The van der Waals surface area contributed by atoms with Crippen LogP contribution in [0.15, 0.2) is 0 Å². The number of rotatable bonds is 1. The third-order valence-corrected chi connectivity index (χ3v) is 3.85. The van der Waals surface area contributed by atoms with Crippen LogP contribution in [-0.4, -0.2) is 54.7 Å². The molecule has 2 rings (SSSR count). The van der Waals surface area contributed by atoms with Crippen LogP contribution in [0.2, 0.25) is 0 Å². The predicted octanol–water partition coefficient (Wildman–Crippen LogP) is 2.11. The fourth-order valence-electron chi connectivity index (χ4n) is 3.08. The van der Waals surface area contributed by atoms with Crippen molar-refractivity contribution < 1.29 is 13.2 Å². The molecule has 0 aromatic heterocycles. The Labute approximate surface area is 94.4 Å². The van der Waals surface area contributed by atoms with E-state index in [9.17, 15) is 13.2 Å². The largest absolute Gasteiger partial charge is 0.401 e. The molecule has 1 saturated carbocycles. The van der Waals surface area contributed by atoms with Gasteiger partial charge < -0.3 is 4.90 Å². The molecule has 2 unspecified atom stereocenters. The lowest BCUT2D eigenvalue weighted by molar-refractivity contribution is -0.161. The zero-order chi connectivity index (χ0) is 11.8. The maximum Gasteiger partial charge on any atom is 0.401 e. The first kappa shape index (κ1) is 12.2. The number of likely N-dealkylation sites (N-methyl/N-ethyl adjacent to an activating group) is 1. The first-order chi connectivity index (χ1) is 7.47. The summed E-state index contributed by atoms with van der Waals surface area (Å²) in [6.45, 7) is 0.580. The van der Waals surface area contributed by atoms with Crippen LogP contribution >= 0.6 is 0 Å². The first-order valence-electron chi connectivity index (χ1n) is 5.98. The van der Waals surface area contributed by atoms with E-state index in [4.69, 9.17) is 0 Å². The van der Waals surface area contributed by atoms with Gasteiger partial charge in [0.2, 0.25) is 0 Å². The predicted molar refractivity (Wildman–Crippen MR) is 56.3 cm³/mol. The second-order valence-electron chi connectivity index (χ2n) is 4.99. The minimum atomic E-state index is -4.06. The molecule has 1 aliphatic heterocycles. The molecule has 1 heterocycles. The van der Waals surface area contributed by atoms with Crippen LogP contribution in [0.3, 0.4) is 0 Å². The number of hydrogen-bond donors (Lipinski definition) is 0. The summed E-state index contributed by atoms with van der Waals surface area (Å²) in [6, 6.07) is 0.457. The fourth-order valence-corrected chi connectivity index (χ4v) is 3.08. The minimum Gasteiger partial charge on any atom is -0.301 e. The molecule has 1 aliphatic carbocycles. The summed E-state index contributed by atoms with van der Waals surface area (Å²) >= 11 is 0. The van der Waals surface area contributed by atoms with Crippen molar-refractivity contribution >= 4 is 0 Å². The maximum absolute atomic E-state index is 12.4. The first-order valence-corrected chi connectivity index (χ1v) is 5.98. The smallest absolute Gasteiger partial charge is 0.301 e. The van der Waals surface area contributed by atoms with Crippen molar-refractivity contribution in [1.82, 2.24) is 9.80 Å². The Morgan fingerprint density at radius 3 is 2.31 bits per heavy atom. The summed E-state index contributed by atoms with van der Waals surface area (Å²) in [5.41, 5.74) is 0. The van der Waals surface area contributed by atoms with Crippen LogP contribution in [-0.2, 0) is 0 Å². The summed E-state index contributed by atoms with van der Waals surface area (Å²) in [5, 5.41) is 0. The molecule has 2 aliphatic rings. The standard InChI is InChI=1S/C11H19F3N2/c1-15-6-7-16(8-11(12,13)14)10-5-3-2-4-9(10)15/h9-10H,2-8H2,1H3. The van der Waals surface area contributed by atoms with Crippen LogP contribution in [0.5, 0.6) is 0 Å². The van der Waals surface area contributed by atoms with E-state index in [0.717, 1.165) is 32.2 Å². The Balaban J connectivity index is 2.03. The van der Waals surface area contributed by atoms with E-state index in [1.165, 1.54) is 0 Å². The highest BCUT2D eigenvalue weighted by atomic mass is 19.4. The number of alkyl halides is 3. The van der Waals surface area contributed by atoms with Gasteiger partial charge in [-0.1, -0.05) is 12.8 Å². The number of fused-ring (bicyclic) bond motifs is 1. The van der Waals surface area contributed by atoms with Gasteiger partial charge in [-0.2, -0.15) is 13.2 Å². The second-order valence-corrected chi connectivity index (χ2v) is 4.99. The molecular weight excluding hydrogens is 217 g/mol. The molecule has 0 bridgehead atoms. The van der Waals surface area contributed by atoms with Gasteiger partial charge in [-0.25, -0.2) is 0 Å². The van der Waals surface area contributed by atoms with E-state index in [2.05, 4.69) is 4.90 Å². The highest BCUT2D eigenvalue weighted by Crippen LogP contribution is 2.31. The summed E-state index contributed by atoms with van der Waals surface area (Å²) in [5.74, 6) is 0. The van der Waals surface area contributed by atoms with Crippen molar-refractivity contribution in [2.45, 2.75) is 43.9 Å². The normalized spacial score (nSPS) is 33.8. The van der Waals surface area contributed by atoms with Crippen molar-refractivity contribution in [2.24, 2.45) is 0 Å². The molecule has 0 aromatic carbocycles. The Bertz CT molecular complexity index is 242. The molecule has 0 spiro atoms. The lowest BCUT2D eigenvalue weighted by atomic mass is 9.86. The van der Waals surface area contributed by atoms with Gasteiger partial charge in [0.05, 0.1) is 6.54 Å². The summed E-state index contributed by atoms with van der Waals surface area (Å²) < 4.78 is 37.3. The lowest BCUT2D eigenvalue weighted by Gasteiger charge is -2.48.